The highest BCUT2D eigenvalue weighted by molar-refractivity contribution is 5.10. The summed E-state index contributed by atoms with van der Waals surface area (Å²) in [4.78, 5) is 2.42. The summed E-state index contributed by atoms with van der Waals surface area (Å²) in [6.45, 7) is 13.6. The van der Waals surface area contributed by atoms with Crippen LogP contribution >= 0.6 is 0 Å². The van der Waals surface area contributed by atoms with Gasteiger partial charge in [-0.3, -0.25) is 4.90 Å². The molecule has 0 aromatic carbocycles. The van der Waals surface area contributed by atoms with Crippen LogP contribution in [0, 0.1) is 0 Å². The summed E-state index contributed by atoms with van der Waals surface area (Å²) in [7, 11) is 0. The Bertz CT molecular complexity index is 357. The lowest BCUT2D eigenvalue weighted by molar-refractivity contribution is -0.173. The zero-order valence-corrected chi connectivity index (χ0v) is 13.1. The number of piperazine rings is 1. The van der Waals surface area contributed by atoms with Crippen LogP contribution in [-0.2, 0) is 14.2 Å². The highest BCUT2D eigenvalue weighted by atomic mass is 16.8. The minimum atomic E-state index is -0.309. The van der Waals surface area contributed by atoms with Crippen molar-refractivity contribution in [2.75, 3.05) is 32.7 Å². The molecule has 3 aliphatic rings. The van der Waals surface area contributed by atoms with E-state index < -0.39 is 0 Å². The van der Waals surface area contributed by atoms with E-state index in [1.54, 1.807) is 0 Å². The first-order valence-electron chi connectivity index (χ1n) is 7.90. The molecule has 4 atom stereocenters. The van der Waals surface area contributed by atoms with E-state index in [9.17, 15) is 0 Å². The van der Waals surface area contributed by atoms with Gasteiger partial charge < -0.3 is 19.5 Å². The first kappa shape index (κ1) is 14.7. The van der Waals surface area contributed by atoms with Gasteiger partial charge in [-0.2, -0.15) is 0 Å². The van der Waals surface area contributed by atoms with Crippen molar-refractivity contribution in [2.24, 2.45) is 0 Å². The highest BCUT2D eigenvalue weighted by Crippen LogP contribution is 2.48. The zero-order chi connectivity index (χ0) is 14.4. The molecular formula is C15H28N2O3. The van der Waals surface area contributed by atoms with Gasteiger partial charge in [0.1, 0.15) is 11.7 Å². The monoisotopic (exact) mass is 284 g/mol. The number of nitrogens with one attached hydrogen (secondary N) is 1. The molecule has 5 heteroatoms. The average molecular weight is 284 g/mol. The van der Waals surface area contributed by atoms with Crippen LogP contribution in [-0.4, -0.2) is 67.3 Å². The summed E-state index contributed by atoms with van der Waals surface area (Å²) in [5, 5.41) is 3.37. The van der Waals surface area contributed by atoms with E-state index in [2.05, 4.69) is 37.9 Å². The summed E-state index contributed by atoms with van der Waals surface area (Å²) < 4.78 is 18.7. The molecule has 0 aromatic heterocycles. The molecule has 3 fully saturated rings. The van der Waals surface area contributed by atoms with E-state index in [0.29, 0.717) is 0 Å². The fourth-order valence-corrected chi connectivity index (χ4v) is 3.98. The van der Waals surface area contributed by atoms with Gasteiger partial charge in [-0.25, -0.2) is 0 Å². The lowest BCUT2D eigenvalue weighted by atomic mass is 9.87. The predicted octanol–water partition coefficient (Wildman–Crippen LogP) is 0.979. The zero-order valence-electron chi connectivity index (χ0n) is 13.1. The summed E-state index contributed by atoms with van der Waals surface area (Å²) in [5.74, 6) is 0. The normalized spacial score (nSPS) is 44.7. The minimum Gasteiger partial charge on any atom is -0.366 e. The van der Waals surface area contributed by atoms with Crippen LogP contribution in [0.25, 0.3) is 0 Å². The van der Waals surface area contributed by atoms with Gasteiger partial charge in [-0.1, -0.05) is 6.92 Å². The van der Waals surface area contributed by atoms with Crippen molar-refractivity contribution in [2.45, 2.75) is 63.8 Å². The van der Waals surface area contributed by atoms with Gasteiger partial charge in [-0.15, -0.1) is 0 Å². The van der Waals surface area contributed by atoms with E-state index >= 15 is 0 Å². The number of fused-ring (bicyclic) bond motifs is 1. The lowest BCUT2D eigenvalue weighted by Crippen LogP contribution is -2.47. The Kier molecular flexibility index (Phi) is 3.84. The standard InChI is InChI=1S/C15H28N2O3/c1-5-11-15(4)13(14(2,3)19-11)18-12(20-15)10-17-8-6-16-7-9-17/h11-13,16H,5-10H2,1-4H3/t11-,12?,13+,15?/m1/s1. The van der Waals surface area contributed by atoms with Gasteiger partial charge in [0.05, 0.1) is 11.7 Å². The molecule has 0 bridgehead atoms. The fourth-order valence-electron chi connectivity index (χ4n) is 3.98. The maximum absolute atomic E-state index is 6.31. The van der Waals surface area contributed by atoms with Gasteiger partial charge >= 0.3 is 0 Å². The van der Waals surface area contributed by atoms with Gasteiger partial charge in [0.15, 0.2) is 6.29 Å². The summed E-state index contributed by atoms with van der Waals surface area (Å²) >= 11 is 0. The Morgan fingerprint density at radius 2 is 1.85 bits per heavy atom. The molecule has 0 radical (unpaired) electrons. The number of nitrogens with zero attached hydrogens (tertiary/aromatic N) is 1. The Morgan fingerprint density at radius 3 is 2.50 bits per heavy atom. The third-order valence-corrected chi connectivity index (χ3v) is 4.90. The molecule has 3 saturated heterocycles. The van der Waals surface area contributed by atoms with Crippen LogP contribution < -0.4 is 5.32 Å². The topological polar surface area (TPSA) is 43.0 Å². The number of hydrogen-bond donors (Lipinski definition) is 1. The SMILES string of the molecule is CC[C@H]1OC(C)(C)[C@@H]2OC(CN3CCNCC3)OC12C. The molecule has 2 unspecified atom stereocenters. The highest BCUT2D eigenvalue weighted by Gasteiger charge is 2.63. The minimum absolute atomic E-state index is 0.0212. The Hall–Kier alpha value is -0.200. The molecule has 0 aliphatic carbocycles. The molecule has 3 heterocycles. The maximum atomic E-state index is 6.31. The van der Waals surface area contributed by atoms with Crippen molar-refractivity contribution in [3.8, 4) is 0 Å². The maximum Gasteiger partial charge on any atom is 0.171 e. The second-order valence-electron chi connectivity index (χ2n) is 6.92. The number of rotatable bonds is 3. The van der Waals surface area contributed by atoms with Gasteiger partial charge in [0, 0.05) is 32.7 Å². The molecule has 0 aromatic rings. The molecule has 0 saturated carbocycles. The van der Waals surface area contributed by atoms with Crippen LogP contribution in [0.4, 0.5) is 0 Å². The van der Waals surface area contributed by atoms with Crippen molar-refractivity contribution in [3.63, 3.8) is 0 Å². The van der Waals surface area contributed by atoms with E-state index in [0.717, 1.165) is 39.1 Å². The summed E-state index contributed by atoms with van der Waals surface area (Å²) in [5.41, 5.74) is -0.579. The molecule has 116 valence electrons. The van der Waals surface area contributed by atoms with Crippen LogP contribution in [0.2, 0.25) is 0 Å². The third-order valence-electron chi connectivity index (χ3n) is 4.90. The predicted molar refractivity (Wildman–Crippen MR) is 76.7 cm³/mol. The molecule has 3 rings (SSSR count). The van der Waals surface area contributed by atoms with Crippen LogP contribution in [0.15, 0.2) is 0 Å². The lowest BCUT2D eigenvalue weighted by Gasteiger charge is -2.31. The van der Waals surface area contributed by atoms with Gasteiger partial charge in [0.2, 0.25) is 0 Å². The number of ether oxygens (including phenoxy) is 3. The van der Waals surface area contributed by atoms with Gasteiger partial charge in [-0.05, 0) is 27.2 Å². The average Bonchev–Trinajstić information content (AvgIpc) is 2.83. The molecule has 20 heavy (non-hydrogen) atoms. The van der Waals surface area contributed by atoms with Crippen molar-refractivity contribution in [1.82, 2.24) is 10.2 Å². The van der Waals surface area contributed by atoms with E-state index in [-0.39, 0.29) is 29.7 Å². The molecular weight excluding hydrogens is 256 g/mol. The van der Waals surface area contributed by atoms with E-state index in [4.69, 9.17) is 14.2 Å². The third kappa shape index (κ3) is 2.40. The molecule has 0 amide bonds. The second kappa shape index (κ2) is 5.21. The van der Waals surface area contributed by atoms with Crippen molar-refractivity contribution in [3.05, 3.63) is 0 Å². The smallest absolute Gasteiger partial charge is 0.171 e. The quantitative estimate of drug-likeness (QED) is 0.837. The first-order chi connectivity index (χ1) is 9.45. The van der Waals surface area contributed by atoms with Crippen LogP contribution in [0.1, 0.15) is 34.1 Å². The largest absolute Gasteiger partial charge is 0.366 e. The van der Waals surface area contributed by atoms with E-state index in [1.165, 1.54) is 0 Å². The van der Waals surface area contributed by atoms with Crippen molar-refractivity contribution < 1.29 is 14.2 Å². The summed E-state index contributed by atoms with van der Waals surface area (Å²) in [6, 6.07) is 0. The molecule has 0 spiro atoms. The second-order valence-corrected chi connectivity index (χ2v) is 6.92. The fraction of sp³-hybridized carbons (Fsp3) is 1.00. The summed E-state index contributed by atoms with van der Waals surface area (Å²) in [6.07, 6.45) is 0.976. The Labute approximate surface area is 121 Å². The van der Waals surface area contributed by atoms with Crippen molar-refractivity contribution in [1.29, 1.82) is 0 Å². The van der Waals surface area contributed by atoms with Crippen molar-refractivity contribution >= 4 is 0 Å². The van der Waals surface area contributed by atoms with Gasteiger partial charge in [0.25, 0.3) is 0 Å². The molecule has 1 N–H and O–H groups in total. The number of hydrogen-bond acceptors (Lipinski definition) is 5. The Balaban J connectivity index is 1.67. The van der Waals surface area contributed by atoms with Crippen LogP contribution in [0.5, 0.6) is 0 Å². The molecule has 3 aliphatic heterocycles. The molecule has 5 nitrogen and oxygen atoms in total. The Morgan fingerprint density at radius 1 is 1.15 bits per heavy atom. The first-order valence-corrected chi connectivity index (χ1v) is 7.90. The van der Waals surface area contributed by atoms with Crippen LogP contribution in [0.3, 0.4) is 0 Å². The van der Waals surface area contributed by atoms with E-state index in [1.807, 2.05) is 0 Å².